The Labute approximate surface area is 129 Å². The quantitative estimate of drug-likeness (QED) is 0.682. The van der Waals surface area contributed by atoms with Gasteiger partial charge in [-0.1, -0.05) is 6.07 Å². The highest BCUT2D eigenvalue weighted by atomic mass is 35.5. The first kappa shape index (κ1) is 17.3. The third-order valence-electron chi connectivity index (χ3n) is 2.43. The molecule has 1 N–H and O–H groups in total. The molecule has 0 saturated heterocycles. The van der Waals surface area contributed by atoms with E-state index in [-0.39, 0.29) is 18.3 Å². The highest BCUT2D eigenvalue weighted by Gasteiger charge is 2.16. The zero-order chi connectivity index (χ0) is 16.0. The smallest absolute Gasteiger partial charge is 0.412 e. The largest absolute Gasteiger partial charge is 0.469 e. The van der Waals surface area contributed by atoms with Crippen molar-refractivity contribution in [3.63, 3.8) is 0 Å². The summed E-state index contributed by atoms with van der Waals surface area (Å²) in [7, 11) is 1.33. The van der Waals surface area contributed by atoms with Crippen LogP contribution in [-0.4, -0.2) is 24.8 Å². The van der Waals surface area contributed by atoms with E-state index in [0.29, 0.717) is 11.3 Å². The maximum Gasteiger partial charge on any atom is 0.412 e. The molecule has 0 atom stereocenters. The van der Waals surface area contributed by atoms with Gasteiger partial charge in [-0.15, -0.1) is 11.6 Å². The second-order valence-electron chi connectivity index (χ2n) is 5.55. The summed E-state index contributed by atoms with van der Waals surface area (Å²) in [5.74, 6) is -0.0807. The fourth-order valence-corrected chi connectivity index (χ4v) is 1.83. The van der Waals surface area contributed by atoms with Gasteiger partial charge in [-0.05, 0) is 44.0 Å². The Morgan fingerprint density at radius 3 is 2.33 bits per heavy atom. The monoisotopic (exact) mass is 313 g/mol. The zero-order valence-corrected chi connectivity index (χ0v) is 13.4. The molecule has 0 radical (unpaired) electrons. The van der Waals surface area contributed by atoms with Crippen LogP contribution >= 0.6 is 11.6 Å². The summed E-state index contributed by atoms with van der Waals surface area (Å²) >= 11 is 5.82. The van der Waals surface area contributed by atoms with Gasteiger partial charge in [-0.3, -0.25) is 10.1 Å². The normalized spacial score (nSPS) is 10.9. The van der Waals surface area contributed by atoms with E-state index in [1.165, 1.54) is 7.11 Å². The van der Waals surface area contributed by atoms with Crippen molar-refractivity contribution in [1.29, 1.82) is 0 Å². The fraction of sp³-hybridized carbons (Fsp3) is 0.467. The van der Waals surface area contributed by atoms with E-state index in [4.69, 9.17) is 16.3 Å². The van der Waals surface area contributed by atoms with Gasteiger partial charge in [0.25, 0.3) is 0 Å². The number of anilines is 1. The second-order valence-corrected chi connectivity index (χ2v) is 5.82. The van der Waals surface area contributed by atoms with Gasteiger partial charge in [0.2, 0.25) is 0 Å². The number of hydrogen-bond acceptors (Lipinski definition) is 4. The van der Waals surface area contributed by atoms with Crippen molar-refractivity contribution in [1.82, 2.24) is 0 Å². The molecular formula is C15H20ClNO4. The maximum absolute atomic E-state index is 11.8. The molecule has 0 saturated carbocycles. The number of esters is 1. The van der Waals surface area contributed by atoms with Gasteiger partial charge in [0, 0.05) is 11.6 Å². The van der Waals surface area contributed by atoms with Crippen molar-refractivity contribution < 1.29 is 19.1 Å². The number of nitrogens with one attached hydrogen (secondary N) is 1. The highest BCUT2D eigenvalue weighted by molar-refractivity contribution is 6.17. The van der Waals surface area contributed by atoms with Crippen LogP contribution in [0.3, 0.4) is 0 Å². The summed E-state index contributed by atoms with van der Waals surface area (Å²) in [6, 6.07) is 5.22. The minimum Gasteiger partial charge on any atom is -0.469 e. The Morgan fingerprint density at radius 2 is 1.81 bits per heavy atom. The summed E-state index contributed by atoms with van der Waals surface area (Å²) in [6.07, 6.45) is -0.442. The van der Waals surface area contributed by atoms with E-state index < -0.39 is 11.7 Å². The van der Waals surface area contributed by atoms with Crippen LogP contribution in [0.1, 0.15) is 31.9 Å². The van der Waals surface area contributed by atoms with Gasteiger partial charge in [-0.2, -0.15) is 0 Å². The van der Waals surface area contributed by atoms with Crippen LogP contribution in [-0.2, 0) is 26.6 Å². The number of carbonyl (C=O) groups is 2. The number of benzene rings is 1. The van der Waals surface area contributed by atoms with E-state index in [1.807, 2.05) is 0 Å². The van der Waals surface area contributed by atoms with Crippen LogP contribution in [0.25, 0.3) is 0 Å². The third kappa shape index (κ3) is 6.49. The molecule has 0 aromatic heterocycles. The van der Waals surface area contributed by atoms with Crippen LogP contribution < -0.4 is 5.32 Å². The molecule has 0 unspecified atom stereocenters. The molecule has 1 aromatic rings. The molecule has 5 nitrogen and oxygen atoms in total. The zero-order valence-electron chi connectivity index (χ0n) is 12.7. The molecule has 21 heavy (non-hydrogen) atoms. The van der Waals surface area contributed by atoms with E-state index in [2.05, 4.69) is 10.1 Å². The molecule has 1 aromatic carbocycles. The molecule has 0 aliphatic heterocycles. The molecule has 1 amide bonds. The van der Waals surface area contributed by atoms with Crippen molar-refractivity contribution in [3.8, 4) is 0 Å². The molecule has 0 aliphatic rings. The van der Waals surface area contributed by atoms with Gasteiger partial charge in [0.1, 0.15) is 5.60 Å². The van der Waals surface area contributed by atoms with Crippen molar-refractivity contribution in [2.45, 2.75) is 38.7 Å². The van der Waals surface area contributed by atoms with Gasteiger partial charge < -0.3 is 9.47 Å². The summed E-state index contributed by atoms with van der Waals surface area (Å²) < 4.78 is 9.81. The van der Waals surface area contributed by atoms with Gasteiger partial charge in [0.05, 0.1) is 13.5 Å². The lowest BCUT2D eigenvalue weighted by molar-refractivity contribution is -0.139. The average molecular weight is 314 g/mol. The molecule has 116 valence electrons. The molecule has 0 spiro atoms. The maximum atomic E-state index is 11.8. The molecular weight excluding hydrogens is 294 g/mol. The number of halogens is 1. The van der Waals surface area contributed by atoms with Crippen molar-refractivity contribution in [2.24, 2.45) is 0 Å². The first-order valence-corrected chi connectivity index (χ1v) is 7.02. The molecule has 0 fully saturated rings. The minimum atomic E-state index is -0.580. The van der Waals surface area contributed by atoms with Crippen LogP contribution in [0.2, 0.25) is 0 Å². The number of carbonyl (C=O) groups excluding carboxylic acids is 2. The lowest BCUT2D eigenvalue weighted by atomic mass is 10.1. The lowest BCUT2D eigenvalue weighted by Gasteiger charge is -2.20. The first-order chi connectivity index (χ1) is 9.73. The van der Waals surface area contributed by atoms with Crippen LogP contribution in [0, 0.1) is 0 Å². The Hall–Kier alpha value is -1.75. The number of methoxy groups -OCH3 is 1. The predicted molar refractivity (Wildman–Crippen MR) is 81.6 cm³/mol. The number of hydrogen-bond donors (Lipinski definition) is 1. The number of rotatable bonds is 4. The SMILES string of the molecule is COC(=O)Cc1cc(CCl)cc(NC(=O)OC(C)(C)C)c1. The summed E-state index contributed by atoms with van der Waals surface area (Å²) in [6.45, 7) is 5.35. The Kier molecular flexibility index (Phi) is 6.03. The van der Waals surface area contributed by atoms with Crippen LogP contribution in [0.15, 0.2) is 18.2 Å². The predicted octanol–water partition coefficient (Wildman–Crippen LogP) is 3.49. The molecule has 0 heterocycles. The fourth-order valence-electron chi connectivity index (χ4n) is 1.67. The van der Waals surface area contributed by atoms with Crippen molar-refractivity contribution >= 4 is 29.4 Å². The lowest BCUT2D eigenvalue weighted by Crippen LogP contribution is -2.27. The van der Waals surface area contributed by atoms with E-state index in [0.717, 1.165) is 5.56 Å². The average Bonchev–Trinajstić information content (AvgIpc) is 2.35. The molecule has 0 bridgehead atoms. The number of ether oxygens (including phenoxy) is 2. The molecule has 1 rings (SSSR count). The van der Waals surface area contributed by atoms with Crippen LogP contribution in [0.4, 0.5) is 10.5 Å². The van der Waals surface area contributed by atoms with Gasteiger partial charge in [-0.25, -0.2) is 4.79 Å². The van der Waals surface area contributed by atoms with E-state index >= 15 is 0 Å². The summed E-state index contributed by atoms with van der Waals surface area (Å²) in [5.41, 5.74) is 1.46. The van der Waals surface area contributed by atoms with E-state index in [9.17, 15) is 9.59 Å². The molecule has 0 aliphatic carbocycles. The Bertz CT molecular complexity index is 523. The van der Waals surface area contributed by atoms with Crippen molar-refractivity contribution in [3.05, 3.63) is 29.3 Å². The highest BCUT2D eigenvalue weighted by Crippen LogP contribution is 2.19. The molecule has 6 heteroatoms. The van der Waals surface area contributed by atoms with Gasteiger partial charge >= 0.3 is 12.1 Å². The topological polar surface area (TPSA) is 64.6 Å². The first-order valence-electron chi connectivity index (χ1n) is 6.49. The Morgan fingerprint density at radius 1 is 1.19 bits per heavy atom. The van der Waals surface area contributed by atoms with Crippen LogP contribution in [0.5, 0.6) is 0 Å². The van der Waals surface area contributed by atoms with Crippen molar-refractivity contribution in [2.75, 3.05) is 12.4 Å². The summed E-state index contributed by atoms with van der Waals surface area (Å²) in [4.78, 5) is 23.1. The van der Waals surface area contributed by atoms with Gasteiger partial charge in [0.15, 0.2) is 0 Å². The second kappa shape index (κ2) is 7.31. The standard InChI is InChI=1S/C15H20ClNO4/c1-15(2,3)21-14(19)17-12-6-10(8-13(18)20-4)5-11(7-12)9-16/h5-7H,8-9H2,1-4H3,(H,17,19). The minimum absolute atomic E-state index is 0.115. The Balaban J connectivity index is 2.88. The number of alkyl halides is 1. The number of amides is 1. The van der Waals surface area contributed by atoms with E-state index in [1.54, 1.807) is 39.0 Å². The summed E-state index contributed by atoms with van der Waals surface area (Å²) in [5, 5.41) is 2.63. The third-order valence-corrected chi connectivity index (χ3v) is 2.74.